The summed E-state index contributed by atoms with van der Waals surface area (Å²) in [4.78, 5) is 16.9. The van der Waals surface area contributed by atoms with Gasteiger partial charge in [-0.1, -0.05) is 6.07 Å². The van der Waals surface area contributed by atoms with E-state index in [1.54, 1.807) is 6.07 Å². The molecule has 12 heteroatoms. The van der Waals surface area contributed by atoms with Crippen molar-refractivity contribution in [1.29, 1.82) is 0 Å². The molecule has 2 aliphatic rings. The first-order valence-electron chi connectivity index (χ1n) is 10.4. The molecular formula is C21H24N4O6S2. The second-order valence-corrected chi connectivity index (χ2v) is 11.2. The fourth-order valence-electron chi connectivity index (χ4n) is 3.50. The van der Waals surface area contributed by atoms with Gasteiger partial charge in [0.05, 0.1) is 23.0 Å². The number of nitrogens with one attached hydrogen (secondary N) is 2. The normalized spacial score (nSPS) is 17.4. The molecule has 0 aliphatic carbocycles. The standard InChI is InChI=1S/C21H24N4O6S2/c26-21(16-6-8-18(9-7-16)33(29,30)25-11-13-31-14-12-25)23-17-3-1-4-19(15-17)32(27,28)24-20-5-2-10-22-20/h1,3-4,6-9,15H,2,5,10-14H2,(H,22,24)(H,23,26). The number of sulfonamides is 2. The van der Waals surface area contributed by atoms with Crippen LogP contribution in [0.3, 0.4) is 0 Å². The molecule has 2 N–H and O–H groups in total. The highest BCUT2D eigenvalue weighted by atomic mass is 32.2. The third-order valence-corrected chi connectivity index (χ3v) is 8.54. The summed E-state index contributed by atoms with van der Waals surface area (Å²) >= 11 is 0. The number of benzene rings is 2. The highest BCUT2D eigenvalue weighted by molar-refractivity contribution is 7.90. The van der Waals surface area contributed by atoms with Crippen LogP contribution >= 0.6 is 0 Å². The summed E-state index contributed by atoms with van der Waals surface area (Å²) in [5.74, 6) is -0.0652. The summed E-state index contributed by atoms with van der Waals surface area (Å²) in [5.41, 5.74) is 0.531. The van der Waals surface area contributed by atoms with Crippen LogP contribution < -0.4 is 10.0 Å². The molecule has 4 rings (SSSR count). The van der Waals surface area contributed by atoms with Crippen molar-refractivity contribution in [2.45, 2.75) is 22.6 Å². The van der Waals surface area contributed by atoms with Crippen LogP contribution in [0.4, 0.5) is 5.69 Å². The number of hydrogen-bond donors (Lipinski definition) is 2. The van der Waals surface area contributed by atoms with Gasteiger partial charge in [0.25, 0.3) is 15.9 Å². The Balaban J connectivity index is 1.46. The van der Waals surface area contributed by atoms with Gasteiger partial charge in [-0.05, 0) is 48.9 Å². The molecule has 0 radical (unpaired) electrons. The summed E-state index contributed by atoms with van der Waals surface area (Å²) in [6.45, 7) is 1.86. The molecule has 2 aromatic carbocycles. The smallest absolute Gasteiger partial charge is 0.262 e. The van der Waals surface area contributed by atoms with Crippen LogP contribution in [0.2, 0.25) is 0 Å². The maximum Gasteiger partial charge on any atom is 0.262 e. The van der Waals surface area contributed by atoms with Crippen molar-refractivity contribution in [1.82, 2.24) is 9.03 Å². The Bertz CT molecular complexity index is 1270. The number of amidine groups is 1. The molecule has 10 nitrogen and oxygen atoms in total. The predicted octanol–water partition coefficient (Wildman–Crippen LogP) is 1.43. The molecule has 2 heterocycles. The van der Waals surface area contributed by atoms with Crippen molar-refractivity contribution in [3.8, 4) is 0 Å². The maximum absolute atomic E-state index is 12.7. The first-order chi connectivity index (χ1) is 15.8. The number of aliphatic imine (C=N–C) groups is 1. The predicted molar refractivity (Wildman–Crippen MR) is 122 cm³/mol. The molecule has 0 unspecified atom stereocenters. The molecule has 0 atom stereocenters. The van der Waals surface area contributed by atoms with Crippen LogP contribution in [0, 0.1) is 0 Å². The summed E-state index contributed by atoms with van der Waals surface area (Å²) in [6, 6.07) is 11.5. The maximum atomic E-state index is 12.7. The van der Waals surface area contributed by atoms with Crippen LogP contribution in [0.1, 0.15) is 23.2 Å². The van der Waals surface area contributed by atoms with Gasteiger partial charge in [0.1, 0.15) is 5.84 Å². The summed E-state index contributed by atoms with van der Waals surface area (Å²) in [5, 5.41) is 2.65. The molecule has 33 heavy (non-hydrogen) atoms. The lowest BCUT2D eigenvalue weighted by Crippen LogP contribution is -2.40. The quantitative estimate of drug-likeness (QED) is 0.627. The van der Waals surface area contributed by atoms with Gasteiger partial charge < -0.3 is 10.1 Å². The highest BCUT2D eigenvalue weighted by Gasteiger charge is 2.26. The third kappa shape index (κ3) is 5.41. The Morgan fingerprint density at radius 2 is 1.70 bits per heavy atom. The van der Waals surface area contributed by atoms with Crippen molar-refractivity contribution in [2.75, 3.05) is 38.2 Å². The second-order valence-electron chi connectivity index (χ2n) is 7.56. The molecule has 0 spiro atoms. The number of nitrogens with zero attached hydrogens (tertiary/aromatic N) is 2. The molecule has 2 aromatic rings. The van der Waals surface area contributed by atoms with Gasteiger partial charge in [0, 0.05) is 37.3 Å². The SMILES string of the molecule is O=C(Nc1cccc(S(=O)(=O)NC2=NCCC2)c1)c1ccc(S(=O)(=O)N2CCOCC2)cc1. The number of ether oxygens (including phenoxy) is 1. The summed E-state index contributed by atoms with van der Waals surface area (Å²) in [7, 11) is -7.47. The number of hydrogen-bond acceptors (Lipinski definition) is 7. The van der Waals surface area contributed by atoms with E-state index in [1.165, 1.54) is 46.8 Å². The highest BCUT2D eigenvalue weighted by Crippen LogP contribution is 2.20. The topological polar surface area (TPSA) is 134 Å². The monoisotopic (exact) mass is 492 g/mol. The number of carbonyl (C=O) groups excluding carboxylic acids is 1. The number of rotatable bonds is 6. The zero-order chi connectivity index (χ0) is 23.5. The van der Waals surface area contributed by atoms with E-state index in [0.717, 1.165) is 6.42 Å². The summed E-state index contributed by atoms with van der Waals surface area (Å²) < 4.78 is 59.6. The minimum atomic E-state index is -3.81. The molecule has 0 saturated carbocycles. The van der Waals surface area contributed by atoms with Crippen LogP contribution in [0.5, 0.6) is 0 Å². The van der Waals surface area contributed by atoms with Gasteiger partial charge in [-0.15, -0.1) is 0 Å². The van der Waals surface area contributed by atoms with Gasteiger partial charge in [-0.2, -0.15) is 4.31 Å². The second kappa shape index (κ2) is 9.59. The Hall–Kier alpha value is -2.80. The Kier molecular flexibility index (Phi) is 6.79. The van der Waals surface area contributed by atoms with Crippen molar-refractivity contribution < 1.29 is 26.4 Å². The fraction of sp³-hybridized carbons (Fsp3) is 0.333. The lowest BCUT2D eigenvalue weighted by Gasteiger charge is -2.26. The molecule has 1 fully saturated rings. The van der Waals surface area contributed by atoms with Gasteiger partial charge >= 0.3 is 0 Å². The first-order valence-corrected chi connectivity index (χ1v) is 13.3. The van der Waals surface area contributed by atoms with E-state index in [4.69, 9.17) is 4.74 Å². The molecular weight excluding hydrogens is 468 g/mol. The Labute approximate surface area is 192 Å². The van der Waals surface area contributed by atoms with Crippen molar-refractivity contribution in [3.05, 3.63) is 54.1 Å². The number of anilines is 1. The number of morpholine rings is 1. The Morgan fingerprint density at radius 1 is 0.970 bits per heavy atom. The van der Waals surface area contributed by atoms with Gasteiger partial charge in [0.15, 0.2) is 0 Å². The average Bonchev–Trinajstić information content (AvgIpc) is 3.32. The van der Waals surface area contributed by atoms with Crippen molar-refractivity contribution in [3.63, 3.8) is 0 Å². The van der Waals surface area contributed by atoms with Gasteiger partial charge in [0.2, 0.25) is 10.0 Å². The van der Waals surface area contributed by atoms with Crippen molar-refractivity contribution in [2.24, 2.45) is 4.99 Å². The van der Waals surface area contributed by atoms with E-state index >= 15 is 0 Å². The lowest BCUT2D eigenvalue weighted by molar-refractivity contribution is 0.0730. The minimum Gasteiger partial charge on any atom is -0.379 e. The van der Waals surface area contributed by atoms with E-state index in [2.05, 4.69) is 15.0 Å². The van der Waals surface area contributed by atoms with Crippen LogP contribution in [0.25, 0.3) is 0 Å². The van der Waals surface area contributed by atoms with E-state index < -0.39 is 26.0 Å². The summed E-state index contributed by atoms with van der Waals surface area (Å²) in [6.07, 6.45) is 1.38. The van der Waals surface area contributed by atoms with Crippen LogP contribution in [-0.2, 0) is 24.8 Å². The number of amides is 1. The fourth-order valence-corrected chi connectivity index (χ4v) is 6.04. The largest absolute Gasteiger partial charge is 0.379 e. The minimum absolute atomic E-state index is 0.00172. The van der Waals surface area contributed by atoms with E-state index in [-0.39, 0.29) is 28.4 Å². The number of carbonyl (C=O) groups is 1. The zero-order valence-corrected chi connectivity index (χ0v) is 19.4. The zero-order valence-electron chi connectivity index (χ0n) is 17.7. The molecule has 0 bridgehead atoms. The first kappa shape index (κ1) is 23.4. The van der Waals surface area contributed by atoms with Gasteiger partial charge in [-0.25, -0.2) is 16.8 Å². The van der Waals surface area contributed by atoms with Crippen LogP contribution in [0.15, 0.2) is 63.3 Å². The molecule has 1 amide bonds. The van der Waals surface area contributed by atoms with Crippen LogP contribution in [-0.4, -0.2) is 65.7 Å². The van der Waals surface area contributed by atoms with E-state index in [9.17, 15) is 21.6 Å². The van der Waals surface area contributed by atoms with Gasteiger partial charge in [-0.3, -0.25) is 14.5 Å². The molecule has 176 valence electrons. The van der Waals surface area contributed by atoms with E-state index in [1.807, 2.05) is 0 Å². The molecule has 2 aliphatic heterocycles. The third-order valence-electron chi connectivity index (χ3n) is 5.25. The molecule has 0 aromatic heterocycles. The Morgan fingerprint density at radius 3 is 2.36 bits per heavy atom. The average molecular weight is 493 g/mol. The van der Waals surface area contributed by atoms with E-state index in [0.29, 0.717) is 37.7 Å². The molecule has 1 saturated heterocycles. The lowest BCUT2D eigenvalue weighted by atomic mass is 10.2. The van der Waals surface area contributed by atoms with Crippen molar-refractivity contribution >= 4 is 37.5 Å².